The molecule has 1 heterocycles. The van der Waals surface area contributed by atoms with Crippen molar-refractivity contribution in [1.82, 2.24) is 9.78 Å². The molecule has 84 valence electrons. The maximum Gasteiger partial charge on any atom is 0.136 e. The lowest BCUT2D eigenvalue weighted by molar-refractivity contribution is 0.379. The normalized spacial score (nSPS) is 19.0. The fourth-order valence-electron chi connectivity index (χ4n) is 2.31. The average molecular weight is 272 g/mol. The van der Waals surface area contributed by atoms with Crippen LogP contribution >= 0.6 is 15.9 Å². The number of anilines is 1. The molecule has 0 amide bonds. The lowest BCUT2D eigenvalue weighted by atomic mass is 10.0. The summed E-state index contributed by atoms with van der Waals surface area (Å²) in [6, 6.07) is 0. The number of hydrogen-bond donors (Lipinski definition) is 1. The topological polar surface area (TPSA) is 43.8 Å². The summed E-state index contributed by atoms with van der Waals surface area (Å²) in [4.78, 5) is 0. The highest BCUT2D eigenvalue weighted by Gasteiger charge is 2.15. The van der Waals surface area contributed by atoms with Gasteiger partial charge in [-0.2, -0.15) is 5.10 Å². The number of nitrogens with two attached hydrogens (primary N) is 1. The molecule has 0 radical (unpaired) electrons. The summed E-state index contributed by atoms with van der Waals surface area (Å²) in [6.07, 6.45) is 9.98. The SMILES string of the molecule is Nc1c(Br)cnn1CC1CCCCCC1. The van der Waals surface area contributed by atoms with Crippen molar-refractivity contribution >= 4 is 21.7 Å². The molecule has 0 bridgehead atoms. The van der Waals surface area contributed by atoms with E-state index in [0.717, 1.165) is 22.8 Å². The van der Waals surface area contributed by atoms with Crippen molar-refractivity contribution < 1.29 is 0 Å². The van der Waals surface area contributed by atoms with Crippen LogP contribution in [0.4, 0.5) is 5.82 Å². The Labute approximate surface area is 99.2 Å². The molecule has 0 spiro atoms. The van der Waals surface area contributed by atoms with E-state index >= 15 is 0 Å². The van der Waals surface area contributed by atoms with E-state index in [1.165, 1.54) is 38.5 Å². The standard InChI is InChI=1S/C11H18BrN3/c12-10-7-14-15(11(10)13)8-9-5-3-1-2-4-6-9/h7,9H,1-6,8,13H2. The van der Waals surface area contributed by atoms with Crippen molar-refractivity contribution in [3.05, 3.63) is 10.7 Å². The summed E-state index contributed by atoms with van der Waals surface area (Å²) in [6.45, 7) is 0.984. The lowest BCUT2D eigenvalue weighted by Crippen LogP contribution is -2.13. The second-order valence-corrected chi connectivity index (χ2v) is 5.27. The first-order valence-electron chi connectivity index (χ1n) is 5.74. The third-order valence-electron chi connectivity index (χ3n) is 3.24. The van der Waals surface area contributed by atoms with E-state index in [0.29, 0.717) is 0 Å². The van der Waals surface area contributed by atoms with E-state index in [1.54, 1.807) is 6.20 Å². The van der Waals surface area contributed by atoms with Crippen molar-refractivity contribution in [2.24, 2.45) is 5.92 Å². The molecule has 1 saturated carbocycles. The molecule has 0 saturated heterocycles. The second kappa shape index (κ2) is 5.01. The predicted octanol–water partition coefficient (Wildman–Crippen LogP) is 3.20. The highest BCUT2D eigenvalue weighted by Crippen LogP contribution is 2.26. The molecule has 0 atom stereocenters. The van der Waals surface area contributed by atoms with Gasteiger partial charge in [0, 0.05) is 6.54 Å². The van der Waals surface area contributed by atoms with Gasteiger partial charge in [-0.1, -0.05) is 25.7 Å². The van der Waals surface area contributed by atoms with Crippen LogP contribution in [0, 0.1) is 5.92 Å². The fraction of sp³-hybridized carbons (Fsp3) is 0.727. The van der Waals surface area contributed by atoms with Gasteiger partial charge in [-0.15, -0.1) is 0 Å². The average Bonchev–Trinajstić information content (AvgIpc) is 2.50. The Bertz CT molecular complexity index is 314. The van der Waals surface area contributed by atoms with Crippen LogP contribution in [0.5, 0.6) is 0 Å². The number of halogens is 1. The van der Waals surface area contributed by atoms with Crippen LogP contribution in [0.3, 0.4) is 0 Å². The maximum atomic E-state index is 5.91. The van der Waals surface area contributed by atoms with Crippen LogP contribution in [0.15, 0.2) is 10.7 Å². The molecular formula is C11H18BrN3. The summed E-state index contributed by atoms with van der Waals surface area (Å²) in [7, 11) is 0. The van der Waals surface area contributed by atoms with Gasteiger partial charge in [0.15, 0.2) is 0 Å². The Balaban J connectivity index is 1.98. The van der Waals surface area contributed by atoms with Crippen molar-refractivity contribution in [3.8, 4) is 0 Å². The minimum Gasteiger partial charge on any atom is -0.383 e. The van der Waals surface area contributed by atoms with Crippen LogP contribution in [0.2, 0.25) is 0 Å². The van der Waals surface area contributed by atoms with E-state index in [9.17, 15) is 0 Å². The molecule has 1 aromatic heterocycles. The Morgan fingerprint density at radius 2 is 2.00 bits per heavy atom. The van der Waals surface area contributed by atoms with Crippen molar-refractivity contribution in [1.29, 1.82) is 0 Å². The number of nitrogens with zero attached hydrogens (tertiary/aromatic N) is 2. The molecule has 2 rings (SSSR count). The molecule has 15 heavy (non-hydrogen) atoms. The molecule has 0 aliphatic heterocycles. The Morgan fingerprint density at radius 1 is 1.33 bits per heavy atom. The first kappa shape index (κ1) is 11.0. The summed E-state index contributed by atoms with van der Waals surface area (Å²) < 4.78 is 2.84. The summed E-state index contributed by atoms with van der Waals surface area (Å²) >= 11 is 3.39. The molecule has 1 aromatic rings. The molecule has 4 heteroatoms. The third-order valence-corrected chi connectivity index (χ3v) is 3.85. The molecule has 1 aliphatic rings. The molecule has 3 nitrogen and oxygen atoms in total. The Hall–Kier alpha value is -0.510. The highest BCUT2D eigenvalue weighted by molar-refractivity contribution is 9.10. The van der Waals surface area contributed by atoms with Crippen molar-refractivity contribution in [2.75, 3.05) is 5.73 Å². The zero-order valence-electron chi connectivity index (χ0n) is 8.95. The van der Waals surface area contributed by atoms with E-state index < -0.39 is 0 Å². The zero-order valence-corrected chi connectivity index (χ0v) is 10.5. The van der Waals surface area contributed by atoms with Gasteiger partial charge < -0.3 is 5.73 Å². The van der Waals surface area contributed by atoms with Crippen molar-refractivity contribution in [2.45, 2.75) is 45.1 Å². The summed E-state index contributed by atoms with van der Waals surface area (Å²) in [5.41, 5.74) is 5.91. The quantitative estimate of drug-likeness (QED) is 0.840. The first-order chi connectivity index (χ1) is 7.27. The monoisotopic (exact) mass is 271 g/mol. The minimum absolute atomic E-state index is 0.763. The van der Waals surface area contributed by atoms with Crippen LogP contribution in [0.1, 0.15) is 38.5 Å². The van der Waals surface area contributed by atoms with Gasteiger partial charge in [0.05, 0.1) is 10.7 Å². The van der Waals surface area contributed by atoms with E-state index in [2.05, 4.69) is 21.0 Å². The largest absolute Gasteiger partial charge is 0.383 e. The Kier molecular flexibility index (Phi) is 3.67. The van der Waals surface area contributed by atoms with Gasteiger partial charge in [-0.25, -0.2) is 4.68 Å². The number of rotatable bonds is 2. The smallest absolute Gasteiger partial charge is 0.136 e. The molecule has 1 aliphatic carbocycles. The predicted molar refractivity (Wildman–Crippen MR) is 65.5 cm³/mol. The third kappa shape index (κ3) is 2.74. The van der Waals surface area contributed by atoms with Crippen molar-refractivity contribution in [3.63, 3.8) is 0 Å². The Morgan fingerprint density at radius 3 is 2.53 bits per heavy atom. The molecule has 0 unspecified atom stereocenters. The summed E-state index contributed by atoms with van der Waals surface area (Å²) in [5.74, 6) is 1.53. The van der Waals surface area contributed by atoms with Gasteiger partial charge in [0.1, 0.15) is 5.82 Å². The van der Waals surface area contributed by atoms with Crippen LogP contribution < -0.4 is 5.73 Å². The number of nitrogen functional groups attached to an aromatic ring is 1. The van der Waals surface area contributed by atoms with E-state index in [4.69, 9.17) is 5.73 Å². The molecule has 2 N–H and O–H groups in total. The summed E-state index contributed by atoms with van der Waals surface area (Å²) in [5, 5.41) is 4.28. The zero-order chi connectivity index (χ0) is 10.7. The first-order valence-corrected chi connectivity index (χ1v) is 6.53. The maximum absolute atomic E-state index is 5.91. The van der Waals surface area contributed by atoms with E-state index in [-0.39, 0.29) is 0 Å². The van der Waals surface area contributed by atoms with Crippen LogP contribution in [-0.4, -0.2) is 9.78 Å². The molecule has 1 fully saturated rings. The molecule has 0 aromatic carbocycles. The number of hydrogen-bond acceptors (Lipinski definition) is 2. The van der Waals surface area contributed by atoms with Gasteiger partial charge in [0.25, 0.3) is 0 Å². The lowest BCUT2D eigenvalue weighted by Gasteiger charge is -2.14. The van der Waals surface area contributed by atoms with E-state index in [1.807, 2.05) is 4.68 Å². The highest BCUT2D eigenvalue weighted by atomic mass is 79.9. The van der Waals surface area contributed by atoms with Gasteiger partial charge in [0.2, 0.25) is 0 Å². The van der Waals surface area contributed by atoms with Crippen LogP contribution in [0.25, 0.3) is 0 Å². The molecular weight excluding hydrogens is 254 g/mol. The fourth-order valence-corrected chi connectivity index (χ4v) is 2.60. The minimum atomic E-state index is 0.763. The van der Waals surface area contributed by atoms with Crippen LogP contribution in [-0.2, 0) is 6.54 Å². The van der Waals surface area contributed by atoms with Gasteiger partial charge in [-0.3, -0.25) is 0 Å². The van der Waals surface area contributed by atoms with Gasteiger partial charge >= 0.3 is 0 Å². The number of aromatic nitrogens is 2. The van der Waals surface area contributed by atoms with Gasteiger partial charge in [-0.05, 0) is 34.7 Å². The second-order valence-electron chi connectivity index (χ2n) is 4.42.